The molecule has 4 aliphatic rings. The minimum absolute atomic E-state index is 0.0596. The van der Waals surface area contributed by atoms with Crippen molar-refractivity contribution in [2.24, 2.45) is 52.3 Å². The highest BCUT2D eigenvalue weighted by Gasteiger charge is 2.59. The van der Waals surface area contributed by atoms with Crippen molar-refractivity contribution >= 4 is 0 Å². The zero-order valence-corrected chi connectivity index (χ0v) is 19.3. The van der Waals surface area contributed by atoms with E-state index in [0.29, 0.717) is 16.7 Å². The molecule has 3 fully saturated rings. The van der Waals surface area contributed by atoms with E-state index in [2.05, 4.69) is 46.8 Å². The molecule has 4 rings (SSSR count). The first-order chi connectivity index (χ1) is 13.3. The molecule has 9 atom stereocenters. The van der Waals surface area contributed by atoms with Gasteiger partial charge in [0.25, 0.3) is 0 Å². The number of hydrogen-bond acceptors (Lipinski definition) is 1. The normalized spacial score (nSPS) is 48.8. The van der Waals surface area contributed by atoms with Crippen LogP contribution in [-0.2, 0) is 0 Å². The Labute approximate surface area is 174 Å². The van der Waals surface area contributed by atoms with Gasteiger partial charge >= 0.3 is 0 Å². The summed E-state index contributed by atoms with van der Waals surface area (Å²) in [6.45, 7) is 12.6. The van der Waals surface area contributed by atoms with Gasteiger partial charge in [0.1, 0.15) is 0 Å². The summed E-state index contributed by atoms with van der Waals surface area (Å²) in [5.41, 5.74) is 1.01. The number of aliphatic hydroxyl groups excluding tert-OH is 1. The highest BCUT2D eigenvalue weighted by Crippen LogP contribution is 2.67. The van der Waals surface area contributed by atoms with E-state index >= 15 is 0 Å². The van der Waals surface area contributed by atoms with Crippen molar-refractivity contribution in [1.82, 2.24) is 0 Å². The Hall–Kier alpha value is -0.300. The second kappa shape index (κ2) is 7.75. The molecule has 1 N–H and O–H groups in total. The van der Waals surface area contributed by atoms with Gasteiger partial charge in [-0.1, -0.05) is 66.0 Å². The van der Waals surface area contributed by atoms with Crippen LogP contribution in [0.25, 0.3) is 0 Å². The third kappa shape index (κ3) is 3.42. The van der Waals surface area contributed by atoms with E-state index in [-0.39, 0.29) is 6.10 Å². The van der Waals surface area contributed by atoms with E-state index in [0.717, 1.165) is 48.3 Å². The van der Waals surface area contributed by atoms with Gasteiger partial charge in [0.05, 0.1) is 6.10 Å². The lowest BCUT2D eigenvalue weighted by Crippen LogP contribution is -2.52. The molecule has 0 heterocycles. The molecule has 0 saturated heterocycles. The Kier molecular flexibility index (Phi) is 5.80. The molecule has 0 radical (unpaired) electrons. The van der Waals surface area contributed by atoms with Crippen molar-refractivity contribution in [2.45, 2.75) is 105 Å². The van der Waals surface area contributed by atoms with Gasteiger partial charge in [0, 0.05) is 0 Å². The predicted molar refractivity (Wildman–Crippen MR) is 119 cm³/mol. The third-order valence-electron chi connectivity index (χ3n) is 10.3. The van der Waals surface area contributed by atoms with Gasteiger partial charge < -0.3 is 5.11 Å². The van der Waals surface area contributed by atoms with Crippen LogP contribution < -0.4 is 0 Å². The van der Waals surface area contributed by atoms with E-state index < -0.39 is 0 Å². The van der Waals surface area contributed by atoms with Crippen molar-refractivity contribution in [1.29, 1.82) is 0 Å². The molecule has 0 aromatic carbocycles. The van der Waals surface area contributed by atoms with Crippen LogP contribution >= 0.6 is 0 Å². The SMILES string of the molecule is CC(C)CCC[C@@H](C)[C@H]1CC[C@H]2[C@@H]3C=CC4C[C@@H](O)CC[C@]4(C)[C@H]3CC[C@]12C. The van der Waals surface area contributed by atoms with Gasteiger partial charge in [-0.05, 0) is 97.2 Å². The van der Waals surface area contributed by atoms with Crippen LogP contribution in [-0.4, -0.2) is 11.2 Å². The van der Waals surface area contributed by atoms with Crippen molar-refractivity contribution < 1.29 is 5.11 Å². The van der Waals surface area contributed by atoms with Gasteiger partial charge in [-0.2, -0.15) is 0 Å². The van der Waals surface area contributed by atoms with Gasteiger partial charge in [-0.15, -0.1) is 0 Å². The summed E-state index contributed by atoms with van der Waals surface area (Å²) < 4.78 is 0. The maximum atomic E-state index is 10.2. The first-order valence-electron chi connectivity index (χ1n) is 12.6. The van der Waals surface area contributed by atoms with Crippen LogP contribution in [0.5, 0.6) is 0 Å². The van der Waals surface area contributed by atoms with Gasteiger partial charge in [0.2, 0.25) is 0 Å². The monoisotopic (exact) mass is 386 g/mol. The summed E-state index contributed by atoms with van der Waals surface area (Å²) in [6, 6.07) is 0. The Morgan fingerprint density at radius 3 is 2.36 bits per heavy atom. The fraction of sp³-hybridized carbons (Fsp3) is 0.926. The lowest BCUT2D eigenvalue weighted by Gasteiger charge is -2.59. The summed E-state index contributed by atoms with van der Waals surface area (Å²) in [7, 11) is 0. The van der Waals surface area contributed by atoms with Crippen molar-refractivity contribution in [3.05, 3.63) is 12.2 Å². The predicted octanol–water partition coefficient (Wildman–Crippen LogP) is 7.24. The summed E-state index contributed by atoms with van der Waals surface area (Å²) >= 11 is 0. The first-order valence-corrected chi connectivity index (χ1v) is 12.6. The van der Waals surface area contributed by atoms with E-state index in [9.17, 15) is 5.11 Å². The fourth-order valence-electron chi connectivity index (χ4n) is 8.62. The Morgan fingerprint density at radius 1 is 0.893 bits per heavy atom. The van der Waals surface area contributed by atoms with E-state index in [1.807, 2.05) is 0 Å². The first kappa shape index (κ1) is 21.0. The van der Waals surface area contributed by atoms with Gasteiger partial charge in [0.15, 0.2) is 0 Å². The van der Waals surface area contributed by atoms with Crippen LogP contribution in [0.3, 0.4) is 0 Å². The number of rotatable bonds is 5. The summed E-state index contributed by atoms with van der Waals surface area (Å²) in [5, 5.41) is 10.2. The maximum absolute atomic E-state index is 10.2. The Balaban J connectivity index is 1.49. The lowest BCUT2D eigenvalue weighted by atomic mass is 9.46. The van der Waals surface area contributed by atoms with E-state index in [1.54, 1.807) is 0 Å². The molecule has 160 valence electrons. The number of aliphatic hydroxyl groups is 1. The molecule has 0 aliphatic heterocycles. The summed E-state index contributed by atoms with van der Waals surface area (Å²) in [4.78, 5) is 0. The fourth-order valence-corrected chi connectivity index (χ4v) is 8.62. The van der Waals surface area contributed by atoms with Gasteiger partial charge in [-0.25, -0.2) is 0 Å². The van der Waals surface area contributed by atoms with Gasteiger partial charge in [-0.3, -0.25) is 0 Å². The van der Waals surface area contributed by atoms with Crippen molar-refractivity contribution in [3.63, 3.8) is 0 Å². The van der Waals surface area contributed by atoms with E-state index in [4.69, 9.17) is 0 Å². The molecule has 0 spiro atoms. The molecule has 1 nitrogen and oxygen atoms in total. The zero-order chi connectivity index (χ0) is 20.1. The molecule has 1 unspecified atom stereocenters. The second-order valence-electron chi connectivity index (χ2n) is 12.2. The summed E-state index contributed by atoms with van der Waals surface area (Å²) in [6.07, 6.45) is 18.5. The van der Waals surface area contributed by atoms with Crippen LogP contribution in [0, 0.1) is 52.3 Å². The molecule has 28 heavy (non-hydrogen) atoms. The maximum Gasteiger partial charge on any atom is 0.0546 e. The smallest absolute Gasteiger partial charge is 0.0546 e. The second-order valence-corrected chi connectivity index (χ2v) is 12.2. The molecule has 0 aromatic rings. The molecule has 1 heteroatoms. The average Bonchev–Trinajstić information content (AvgIpc) is 2.99. The number of hydrogen-bond donors (Lipinski definition) is 1. The number of fused-ring (bicyclic) bond motifs is 5. The topological polar surface area (TPSA) is 20.2 Å². The number of allylic oxidation sites excluding steroid dienone is 2. The van der Waals surface area contributed by atoms with Crippen molar-refractivity contribution in [2.75, 3.05) is 0 Å². The molecule has 3 saturated carbocycles. The molecule has 0 bridgehead atoms. The minimum Gasteiger partial charge on any atom is -0.393 e. The van der Waals surface area contributed by atoms with E-state index in [1.165, 1.54) is 51.4 Å². The largest absolute Gasteiger partial charge is 0.393 e. The minimum atomic E-state index is -0.0596. The molecule has 0 amide bonds. The lowest BCUT2D eigenvalue weighted by molar-refractivity contribution is -0.0813. The van der Waals surface area contributed by atoms with Crippen LogP contribution in [0.15, 0.2) is 12.2 Å². The molecular formula is C27H46O. The highest BCUT2D eigenvalue weighted by molar-refractivity contribution is 5.18. The average molecular weight is 387 g/mol. The van der Waals surface area contributed by atoms with Crippen LogP contribution in [0.2, 0.25) is 0 Å². The summed E-state index contributed by atoms with van der Waals surface area (Å²) in [5.74, 6) is 5.89. The molecule has 0 aromatic heterocycles. The molecule has 4 aliphatic carbocycles. The van der Waals surface area contributed by atoms with Crippen LogP contribution in [0.1, 0.15) is 98.8 Å². The zero-order valence-electron chi connectivity index (χ0n) is 19.3. The quantitative estimate of drug-likeness (QED) is 0.493. The van der Waals surface area contributed by atoms with Crippen molar-refractivity contribution in [3.8, 4) is 0 Å². The standard InChI is InChI=1S/C27H46O/c1-18(2)7-6-8-19(3)23-11-12-24-22-10-9-20-17-21(28)13-15-26(20,4)25(22)14-16-27(23,24)5/h9-10,18-25,28H,6-8,11-17H2,1-5H3/t19-,20?,21+,22+,23-,24+,25+,26+,27-/m1/s1. The Bertz CT molecular complexity index is 579. The third-order valence-corrected chi connectivity index (χ3v) is 10.3. The molecular weight excluding hydrogens is 340 g/mol. The Morgan fingerprint density at radius 2 is 1.61 bits per heavy atom. The van der Waals surface area contributed by atoms with Crippen LogP contribution in [0.4, 0.5) is 0 Å². The highest BCUT2D eigenvalue weighted by atomic mass is 16.3.